The van der Waals surface area contributed by atoms with Gasteiger partial charge in [0.25, 0.3) is 0 Å². The molecule has 0 amide bonds. The molecule has 5 heteroatoms. The van der Waals surface area contributed by atoms with E-state index >= 15 is 0 Å². The molecule has 8 atom stereocenters. The molecule has 3 rings (SSSR count). The van der Waals surface area contributed by atoms with Gasteiger partial charge in [0.15, 0.2) is 5.78 Å². The summed E-state index contributed by atoms with van der Waals surface area (Å²) in [7, 11) is 0. The number of halogens is 2. The second kappa shape index (κ2) is 7.77. The van der Waals surface area contributed by atoms with Crippen LogP contribution in [0.25, 0.3) is 0 Å². The lowest BCUT2D eigenvalue weighted by Crippen LogP contribution is -2.47. The van der Waals surface area contributed by atoms with Crippen LogP contribution in [0.15, 0.2) is 0 Å². The number of alkyl halides is 2. The Morgan fingerprint density at radius 3 is 2.29 bits per heavy atom. The van der Waals surface area contributed by atoms with Gasteiger partial charge in [-0.05, 0) is 50.4 Å². The predicted molar refractivity (Wildman–Crippen MR) is 87.3 cm³/mol. The van der Waals surface area contributed by atoms with Gasteiger partial charge in [-0.2, -0.15) is 0 Å². The standard InChI is InChI=1S/C19H30F2O3/c1-11-3-7-15(23-9-11)13-5-8-16(24-10-13)19(22)14-6-4-12(2)17(20)18(14)21/h11-18H,3-10H2,1-2H3. The number of hydrogen-bond donors (Lipinski definition) is 0. The van der Waals surface area contributed by atoms with Crippen LogP contribution >= 0.6 is 0 Å². The zero-order valence-corrected chi connectivity index (χ0v) is 14.8. The quantitative estimate of drug-likeness (QED) is 0.779. The topological polar surface area (TPSA) is 35.5 Å². The van der Waals surface area contributed by atoms with Crippen LogP contribution in [0.3, 0.4) is 0 Å². The Hall–Kier alpha value is -0.550. The summed E-state index contributed by atoms with van der Waals surface area (Å²) in [5, 5.41) is 0. The van der Waals surface area contributed by atoms with Gasteiger partial charge in [0.05, 0.1) is 18.6 Å². The zero-order valence-electron chi connectivity index (χ0n) is 14.8. The predicted octanol–water partition coefficient (Wildman–Crippen LogP) is 3.89. The molecule has 3 fully saturated rings. The molecule has 8 unspecified atom stereocenters. The normalized spacial score (nSPS) is 47.3. The van der Waals surface area contributed by atoms with Crippen molar-refractivity contribution in [3.05, 3.63) is 0 Å². The molecule has 138 valence electrons. The van der Waals surface area contributed by atoms with Crippen molar-refractivity contribution in [2.45, 2.75) is 76.9 Å². The molecule has 2 saturated heterocycles. The average molecular weight is 344 g/mol. The van der Waals surface area contributed by atoms with E-state index in [1.165, 1.54) is 6.42 Å². The van der Waals surface area contributed by atoms with Crippen molar-refractivity contribution in [3.8, 4) is 0 Å². The van der Waals surface area contributed by atoms with E-state index in [-0.39, 0.29) is 17.8 Å². The van der Waals surface area contributed by atoms with Crippen LogP contribution in [0.4, 0.5) is 8.78 Å². The van der Waals surface area contributed by atoms with Gasteiger partial charge in [-0.15, -0.1) is 0 Å². The molecule has 2 heterocycles. The van der Waals surface area contributed by atoms with Crippen molar-refractivity contribution >= 4 is 5.78 Å². The maximum Gasteiger partial charge on any atom is 0.167 e. The lowest BCUT2D eigenvalue weighted by molar-refractivity contribution is -0.151. The number of carbonyl (C=O) groups excluding carboxylic acids is 1. The van der Waals surface area contributed by atoms with Gasteiger partial charge in [-0.25, -0.2) is 8.78 Å². The van der Waals surface area contributed by atoms with Crippen LogP contribution in [0, 0.1) is 23.7 Å². The summed E-state index contributed by atoms with van der Waals surface area (Å²) in [5.41, 5.74) is 0. The number of carbonyl (C=O) groups is 1. The number of Topliss-reactive ketones (excluding diaryl/α,β-unsaturated/α-hetero) is 1. The van der Waals surface area contributed by atoms with E-state index in [9.17, 15) is 13.6 Å². The molecule has 0 radical (unpaired) electrons. The Bertz CT molecular complexity index is 428. The van der Waals surface area contributed by atoms with Crippen LogP contribution in [0.1, 0.15) is 52.4 Å². The van der Waals surface area contributed by atoms with Crippen LogP contribution in [0.2, 0.25) is 0 Å². The highest BCUT2D eigenvalue weighted by Crippen LogP contribution is 2.37. The fourth-order valence-electron chi connectivity index (χ4n) is 4.40. The SMILES string of the molecule is CC1CCC(C2CCC(C(=O)C3CCC(C)C(F)C3F)OC2)OC1. The molecule has 1 aliphatic carbocycles. The van der Waals surface area contributed by atoms with Gasteiger partial charge in [-0.1, -0.05) is 13.8 Å². The summed E-state index contributed by atoms with van der Waals surface area (Å²) >= 11 is 0. The van der Waals surface area contributed by atoms with E-state index < -0.39 is 24.4 Å². The number of ketones is 1. The average Bonchev–Trinajstić information content (AvgIpc) is 2.60. The molecular weight excluding hydrogens is 314 g/mol. The molecule has 0 spiro atoms. The van der Waals surface area contributed by atoms with E-state index in [1.54, 1.807) is 6.92 Å². The summed E-state index contributed by atoms with van der Waals surface area (Å²) < 4.78 is 39.8. The molecule has 0 aromatic heterocycles. The van der Waals surface area contributed by atoms with Crippen molar-refractivity contribution in [1.82, 2.24) is 0 Å². The Morgan fingerprint density at radius 1 is 0.875 bits per heavy atom. The fourth-order valence-corrected chi connectivity index (χ4v) is 4.40. The first-order valence-corrected chi connectivity index (χ1v) is 9.52. The molecule has 0 N–H and O–H groups in total. The summed E-state index contributed by atoms with van der Waals surface area (Å²) in [6.07, 6.45) is 1.16. The fraction of sp³-hybridized carbons (Fsp3) is 0.947. The number of ether oxygens (including phenoxy) is 2. The first kappa shape index (κ1) is 18.2. The first-order valence-electron chi connectivity index (χ1n) is 9.52. The Balaban J connectivity index is 1.50. The van der Waals surface area contributed by atoms with Gasteiger partial charge in [-0.3, -0.25) is 4.79 Å². The van der Waals surface area contributed by atoms with E-state index in [0.29, 0.717) is 37.7 Å². The van der Waals surface area contributed by atoms with E-state index in [2.05, 4.69) is 6.92 Å². The van der Waals surface area contributed by atoms with Crippen molar-refractivity contribution in [3.63, 3.8) is 0 Å². The minimum absolute atomic E-state index is 0.219. The van der Waals surface area contributed by atoms with E-state index in [4.69, 9.17) is 9.47 Å². The van der Waals surface area contributed by atoms with Gasteiger partial charge < -0.3 is 9.47 Å². The highest BCUT2D eigenvalue weighted by atomic mass is 19.2. The Kier molecular flexibility index (Phi) is 5.91. The van der Waals surface area contributed by atoms with Gasteiger partial charge in [0.1, 0.15) is 18.4 Å². The minimum Gasteiger partial charge on any atom is -0.378 e. The maximum atomic E-state index is 14.2. The maximum absolute atomic E-state index is 14.2. The molecule has 0 bridgehead atoms. The Labute approximate surface area is 143 Å². The molecule has 1 saturated carbocycles. The van der Waals surface area contributed by atoms with Crippen molar-refractivity contribution in [2.24, 2.45) is 23.7 Å². The second-order valence-electron chi connectivity index (χ2n) is 8.17. The highest BCUT2D eigenvalue weighted by Gasteiger charge is 2.45. The van der Waals surface area contributed by atoms with Crippen LogP contribution < -0.4 is 0 Å². The minimum atomic E-state index is -1.68. The van der Waals surface area contributed by atoms with Crippen molar-refractivity contribution in [1.29, 1.82) is 0 Å². The Morgan fingerprint density at radius 2 is 1.67 bits per heavy atom. The summed E-state index contributed by atoms with van der Waals surface area (Å²) in [6, 6.07) is 0. The smallest absolute Gasteiger partial charge is 0.167 e. The van der Waals surface area contributed by atoms with E-state index in [1.807, 2.05) is 0 Å². The van der Waals surface area contributed by atoms with Crippen molar-refractivity contribution < 1.29 is 23.0 Å². The molecular formula is C19H30F2O3. The second-order valence-corrected chi connectivity index (χ2v) is 8.17. The largest absolute Gasteiger partial charge is 0.378 e. The van der Waals surface area contributed by atoms with E-state index in [0.717, 1.165) is 19.4 Å². The summed E-state index contributed by atoms with van der Waals surface area (Å²) in [4.78, 5) is 12.6. The number of hydrogen-bond acceptors (Lipinski definition) is 3. The summed E-state index contributed by atoms with van der Waals surface area (Å²) in [6.45, 7) is 5.20. The van der Waals surface area contributed by atoms with Crippen LogP contribution in [-0.2, 0) is 14.3 Å². The third-order valence-electron chi connectivity index (χ3n) is 6.22. The van der Waals surface area contributed by atoms with Crippen molar-refractivity contribution in [2.75, 3.05) is 13.2 Å². The summed E-state index contributed by atoms with van der Waals surface area (Å²) in [5.74, 6) is -0.420. The van der Waals surface area contributed by atoms with Gasteiger partial charge in [0, 0.05) is 12.5 Å². The molecule has 0 aromatic rings. The first-order chi connectivity index (χ1) is 11.5. The van der Waals surface area contributed by atoms with Crippen LogP contribution in [0.5, 0.6) is 0 Å². The van der Waals surface area contributed by atoms with Gasteiger partial charge in [0.2, 0.25) is 0 Å². The lowest BCUT2D eigenvalue weighted by atomic mass is 9.76. The van der Waals surface area contributed by atoms with Crippen LogP contribution in [-0.4, -0.2) is 43.5 Å². The number of rotatable bonds is 3. The molecule has 2 aliphatic heterocycles. The highest BCUT2D eigenvalue weighted by molar-refractivity contribution is 5.86. The molecule has 24 heavy (non-hydrogen) atoms. The molecule has 3 nitrogen and oxygen atoms in total. The lowest BCUT2D eigenvalue weighted by Gasteiger charge is -2.38. The third kappa shape index (κ3) is 3.82. The van der Waals surface area contributed by atoms with Gasteiger partial charge >= 0.3 is 0 Å². The monoisotopic (exact) mass is 344 g/mol. The molecule has 3 aliphatic rings. The molecule has 0 aromatic carbocycles. The zero-order chi connectivity index (χ0) is 17.3. The third-order valence-corrected chi connectivity index (χ3v) is 6.22.